The van der Waals surface area contributed by atoms with Crippen LogP contribution in [0, 0.1) is 18.8 Å². The number of piperazine rings is 1. The van der Waals surface area contributed by atoms with Crippen molar-refractivity contribution in [3.05, 3.63) is 87.8 Å². The molecule has 374 valence electrons. The number of aliphatic hydroxyl groups is 1. The van der Waals surface area contributed by atoms with Gasteiger partial charge in [-0.25, -0.2) is 14.4 Å². The number of thioether (sulfide) groups is 1. The first kappa shape index (κ1) is 51.0. The number of aliphatic hydroxyl groups excluding tert-OH is 1. The van der Waals surface area contributed by atoms with Gasteiger partial charge in [0, 0.05) is 56.6 Å². The maximum atomic E-state index is 15.2. The normalized spacial score (nSPS) is 20.6. The number of alkyl halides is 1. The number of ether oxygens (including phenoxy) is 1. The van der Waals surface area contributed by atoms with E-state index in [1.807, 2.05) is 49.9 Å². The number of β-amino-alcohol motifs (C(OH)–C–C–N with tert-alkyl or cyclic N) is 1. The topological polar surface area (TPSA) is 194 Å². The van der Waals surface area contributed by atoms with Crippen molar-refractivity contribution in [2.45, 2.75) is 88.4 Å². The van der Waals surface area contributed by atoms with Gasteiger partial charge in [-0.3, -0.25) is 24.1 Å². The lowest BCUT2D eigenvalue weighted by Crippen LogP contribution is -2.59. The predicted octanol–water partition coefficient (Wildman–Crippen LogP) is 6.82. The molecule has 5 N–H and O–H groups in total. The molecule has 4 aliphatic rings. The van der Waals surface area contributed by atoms with E-state index < -0.39 is 40.3 Å². The molecule has 2 atom stereocenters. The van der Waals surface area contributed by atoms with E-state index in [1.54, 1.807) is 61.0 Å². The molecule has 4 amide bonds. The second-order valence-electron chi connectivity index (χ2n) is 19.2. The van der Waals surface area contributed by atoms with Crippen LogP contribution in [0.25, 0.3) is 10.4 Å². The van der Waals surface area contributed by atoms with Gasteiger partial charge in [0.1, 0.15) is 28.3 Å². The zero-order chi connectivity index (χ0) is 49.7. The minimum atomic E-state index is -2.01. The van der Waals surface area contributed by atoms with Crippen LogP contribution in [-0.2, 0) is 20.9 Å². The van der Waals surface area contributed by atoms with Crippen molar-refractivity contribution < 1.29 is 33.4 Å². The Bertz CT molecular complexity index is 2580. The minimum absolute atomic E-state index is 0.00281. The second kappa shape index (κ2) is 22.0. The SMILES string of the molecule is CNc1nc(Nc2ccc(C(=O)N3CCN(CC4CCC(CSC(C)(C)[C@H](NC(=O)C5(F)CC5)C(=O)N5C[C@H](O)C=C5C(=O)NCc5ccc(-c6scnc6C)cc5)CC4)CC3)cc2OC)ncc1Cl. The Hall–Kier alpha value is -5.34. The van der Waals surface area contributed by atoms with Crippen LogP contribution >= 0.6 is 34.7 Å². The summed E-state index contributed by atoms with van der Waals surface area (Å²) >= 11 is 9.27. The summed E-state index contributed by atoms with van der Waals surface area (Å²) in [6, 6.07) is 11.9. The molecule has 4 aromatic rings. The fourth-order valence-corrected chi connectivity index (χ4v) is 11.6. The molecule has 1 saturated heterocycles. The number of halogens is 2. The highest BCUT2D eigenvalue weighted by Crippen LogP contribution is 2.42. The summed E-state index contributed by atoms with van der Waals surface area (Å²) in [4.78, 5) is 74.6. The molecule has 0 radical (unpaired) electrons. The van der Waals surface area contributed by atoms with Crippen molar-refractivity contribution in [1.29, 1.82) is 0 Å². The van der Waals surface area contributed by atoms with Crippen LogP contribution in [0.3, 0.4) is 0 Å². The number of carbonyl (C=O) groups is 4. The number of aryl methyl sites for hydroxylation is 1. The number of methoxy groups -OCH3 is 1. The van der Waals surface area contributed by atoms with E-state index in [0.29, 0.717) is 58.7 Å². The number of amides is 4. The molecule has 20 heteroatoms. The molecule has 4 heterocycles. The van der Waals surface area contributed by atoms with Crippen LogP contribution in [0.2, 0.25) is 5.02 Å². The largest absolute Gasteiger partial charge is 0.495 e. The molecule has 3 fully saturated rings. The van der Waals surface area contributed by atoms with Gasteiger partial charge in [0.25, 0.3) is 23.6 Å². The van der Waals surface area contributed by atoms with Gasteiger partial charge in [-0.1, -0.05) is 35.9 Å². The lowest BCUT2D eigenvalue weighted by atomic mass is 9.82. The van der Waals surface area contributed by atoms with Gasteiger partial charge in [-0.15, -0.1) is 11.3 Å². The van der Waals surface area contributed by atoms with Crippen molar-refractivity contribution in [3.63, 3.8) is 0 Å². The first-order chi connectivity index (χ1) is 33.5. The monoisotopic (exact) mass is 1020 g/mol. The molecule has 0 bridgehead atoms. The van der Waals surface area contributed by atoms with Crippen LogP contribution in [-0.4, -0.2) is 140 Å². The summed E-state index contributed by atoms with van der Waals surface area (Å²) in [6.07, 6.45) is 6.09. The van der Waals surface area contributed by atoms with Crippen molar-refractivity contribution in [1.82, 2.24) is 40.3 Å². The first-order valence-corrected chi connectivity index (χ1v) is 26.1. The lowest BCUT2D eigenvalue weighted by molar-refractivity contribution is -0.138. The maximum absolute atomic E-state index is 15.2. The number of rotatable bonds is 18. The number of carbonyl (C=O) groups excluding carboxylic acids is 4. The predicted molar refractivity (Wildman–Crippen MR) is 272 cm³/mol. The Morgan fingerprint density at radius 2 is 1.74 bits per heavy atom. The number of nitrogens with one attached hydrogen (secondary N) is 4. The number of benzene rings is 2. The average molecular weight is 1020 g/mol. The summed E-state index contributed by atoms with van der Waals surface area (Å²) in [7, 11) is 3.27. The Balaban J connectivity index is 0.809. The Labute approximate surface area is 421 Å². The number of anilines is 3. The summed E-state index contributed by atoms with van der Waals surface area (Å²) in [5.41, 5.74) is 3.76. The summed E-state index contributed by atoms with van der Waals surface area (Å²) < 4.78 is 19.9. The van der Waals surface area contributed by atoms with Gasteiger partial charge in [0.15, 0.2) is 5.67 Å². The molecule has 2 aromatic heterocycles. The maximum Gasteiger partial charge on any atom is 0.268 e. The molecule has 16 nitrogen and oxygen atoms in total. The van der Waals surface area contributed by atoms with E-state index in [-0.39, 0.29) is 37.5 Å². The van der Waals surface area contributed by atoms with Crippen molar-refractivity contribution >= 4 is 75.8 Å². The van der Waals surface area contributed by atoms with Crippen molar-refractivity contribution in [2.24, 2.45) is 11.8 Å². The van der Waals surface area contributed by atoms with E-state index in [9.17, 15) is 24.3 Å². The van der Waals surface area contributed by atoms with Crippen LogP contribution in [0.5, 0.6) is 5.75 Å². The van der Waals surface area contributed by atoms with Crippen LogP contribution in [0.4, 0.5) is 21.8 Å². The van der Waals surface area contributed by atoms with E-state index in [4.69, 9.17) is 16.3 Å². The number of hydrogen-bond acceptors (Lipinski definition) is 14. The van der Waals surface area contributed by atoms with Gasteiger partial charge in [-0.05, 0) is 112 Å². The molecular formula is C50H62ClFN10O6S2. The molecule has 8 rings (SSSR count). The Morgan fingerprint density at radius 1 is 1.03 bits per heavy atom. The molecule has 0 spiro atoms. The summed E-state index contributed by atoms with van der Waals surface area (Å²) in [5, 5.41) is 22.8. The van der Waals surface area contributed by atoms with E-state index >= 15 is 4.39 Å². The summed E-state index contributed by atoms with van der Waals surface area (Å²) in [6.45, 7) is 9.51. The zero-order valence-electron chi connectivity index (χ0n) is 40.2. The molecule has 2 aliphatic heterocycles. The number of thiazole rings is 1. The number of aromatic nitrogens is 3. The molecule has 2 aromatic carbocycles. The highest BCUT2D eigenvalue weighted by molar-refractivity contribution is 8.00. The molecular weight excluding hydrogens is 955 g/mol. The number of nitrogens with zero attached hydrogens (tertiary/aromatic N) is 6. The van der Waals surface area contributed by atoms with Crippen LogP contribution < -0.4 is 26.0 Å². The van der Waals surface area contributed by atoms with Crippen LogP contribution in [0.15, 0.2) is 65.9 Å². The standard InChI is InChI=1S/C50H62ClFN10O6S2/c1-30-41(69-29-56-30)34-12-10-31(11-13-34)24-54-44(64)39-23-36(63)27-62(39)46(66)42(58-47(67)50(52)16-17-50)49(2,3)70-28-33-8-6-32(7-9-33)26-60-18-20-61(21-19-60)45(65)35-14-15-38(40(22-35)68-5)57-48-55-25-37(51)43(53-4)59-48/h10-15,22-23,25,29,32-33,36,42,63H,6-9,16-21,24,26-28H2,1-5H3,(H,54,64)(H,58,67)(H2,53,55,57,59)/t32?,33?,36-,42-/m1/s1. The van der Waals surface area contributed by atoms with Gasteiger partial charge in [0.2, 0.25) is 5.95 Å². The van der Waals surface area contributed by atoms with Gasteiger partial charge >= 0.3 is 0 Å². The van der Waals surface area contributed by atoms with Gasteiger partial charge in [0.05, 0.1) is 47.7 Å². The van der Waals surface area contributed by atoms with Gasteiger partial charge < -0.3 is 40.9 Å². The van der Waals surface area contributed by atoms with E-state index in [1.165, 1.54) is 17.2 Å². The Morgan fingerprint density at radius 3 is 2.40 bits per heavy atom. The third kappa shape index (κ3) is 12.0. The minimum Gasteiger partial charge on any atom is -0.495 e. The van der Waals surface area contributed by atoms with Crippen LogP contribution in [0.1, 0.15) is 74.0 Å². The fourth-order valence-electron chi connectivity index (χ4n) is 9.26. The van der Waals surface area contributed by atoms with E-state index in [0.717, 1.165) is 72.8 Å². The average Bonchev–Trinajstić information content (AvgIpc) is 3.77. The first-order valence-electron chi connectivity index (χ1n) is 23.8. The third-order valence-electron chi connectivity index (χ3n) is 13.7. The van der Waals surface area contributed by atoms with Crippen molar-refractivity contribution in [3.8, 4) is 16.2 Å². The van der Waals surface area contributed by atoms with E-state index in [2.05, 4.69) is 41.1 Å². The molecule has 2 aliphatic carbocycles. The molecule has 70 heavy (non-hydrogen) atoms. The zero-order valence-corrected chi connectivity index (χ0v) is 42.6. The smallest absolute Gasteiger partial charge is 0.268 e. The highest BCUT2D eigenvalue weighted by Gasteiger charge is 2.53. The van der Waals surface area contributed by atoms with Gasteiger partial charge in [-0.2, -0.15) is 16.7 Å². The quantitative estimate of drug-likeness (QED) is 0.0698. The number of hydrogen-bond donors (Lipinski definition) is 5. The fraction of sp³-hybridized carbons (Fsp3) is 0.500. The van der Waals surface area contributed by atoms with Crippen molar-refractivity contribution in [2.75, 3.05) is 69.8 Å². The Kier molecular flexibility index (Phi) is 16.0. The molecule has 0 unspecified atom stereocenters. The summed E-state index contributed by atoms with van der Waals surface area (Å²) in [5.74, 6) is 0.969. The lowest BCUT2D eigenvalue weighted by Gasteiger charge is -2.39. The second-order valence-corrected chi connectivity index (χ2v) is 22.1. The molecule has 2 saturated carbocycles. The third-order valence-corrected chi connectivity index (χ3v) is 16.6. The highest BCUT2D eigenvalue weighted by atomic mass is 35.5.